The first kappa shape index (κ1) is 14.4. The lowest BCUT2D eigenvalue weighted by Crippen LogP contribution is -2.19. The Kier molecular flexibility index (Phi) is 4.86. The van der Waals surface area contributed by atoms with Crippen molar-refractivity contribution in [3.8, 4) is 0 Å². The molecule has 0 bridgehead atoms. The van der Waals surface area contributed by atoms with Crippen molar-refractivity contribution in [3.63, 3.8) is 0 Å². The SMILES string of the molecule is CN(Cc1ccc(Br)cc1)c1cccc(Cl)c1CN. The lowest BCUT2D eigenvalue weighted by atomic mass is 10.1. The van der Waals surface area contributed by atoms with E-state index in [1.54, 1.807) is 0 Å². The minimum absolute atomic E-state index is 0.444. The zero-order valence-electron chi connectivity index (χ0n) is 10.7. The van der Waals surface area contributed by atoms with Crippen molar-refractivity contribution < 1.29 is 0 Å². The van der Waals surface area contributed by atoms with Crippen LogP contribution in [0.3, 0.4) is 0 Å². The summed E-state index contributed by atoms with van der Waals surface area (Å²) in [5.41, 5.74) is 9.10. The molecule has 0 saturated heterocycles. The normalized spacial score (nSPS) is 10.5. The van der Waals surface area contributed by atoms with Crippen LogP contribution in [0.5, 0.6) is 0 Å². The van der Waals surface area contributed by atoms with Gasteiger partial charge in [-0.05, 0) is 29.8 Å². The first-order valence-corrected chi connectivity index (χ1v) is 7.22. The van der Waals surface area contributed by atoms with E-state index in [2.05, 4.69) is 33.0 Å². The number of anilines is 1. The summed E-state index contributed by atoms with van der Waals surface area (Å²) in [6, 6.07) is 14.2. The number of rotatable bonds is 4. The number of hydrogen-bond acceptors (Lipinski definition) is 2. The van der Waals surface area contributed by atoms with Crippen molar-refractivity contribution in [2.75, 3.05) is 11.9 Å². The van der Waals surface area contributed by atoms with Gasteiger partial charge in [0.15, 0.2) is 0 Å². The first-order chi connectivity index (χ1) is 9.11. The second kappa shape index (κ2) is 6.42. The molecule has 2 rings (SSSR count). The van der Waals surface area contributed by atoms with Gasteiger partial charge in [0.25, 0.3) is 0 Å². The molecule has 0 unspecified atom stereocenters. The summed E-state index contributed by atoms with van der Waals surface area (Å²) in [4.78, 5) is 2.16. The number of hydrogen-bond donors (Lipinski definition) is 1. The molecule has 0 spiro atoms. The van der Waals surface area contributed by atoms with Gasteiger partial charge in [0.2, 0.25) is 0 Å². The number of nitrogens with zero attached hydrogens (tertiary/aromatic N) is 1. The van der Waals surface area contributed by atoms with Crippen LogP contribution in [-0.4, -0.2) is 7.05 Å². The molecule has 2 aromatic carbocycles. The average molecular weight is 340 g/mol. The van der Waals surface area contributed by atoms with Crippen molar-refractivity contribution in [1.29, 1.82) is 0 Å². The number of nitrogens with two attached hydrogens (primary N) is 1. The maximum absolute atomic E-state index is 6.18. The topological polar surface area (TPSA) is 29.3 Å². The van der Waals surface area contributed by atoms with E-state index in [9.17, 15) is 0 Å². The summed E-state index contributed by atoms with van der Waals surface area (Å²) in [7, 11) is 2.05. The Morgan fingerprint density at radius 1 is 1.16 bits per heavy atom. The quantitative estimate of drug-likeness (QED) is 0.904. The summed E-state index contributed by atoms with van der Waals surface area (Å²) in [5.74, 6) is 0. The van der Waals surface area contributed by atoms with E-state index >= 15 is 0 Å². The van der Waals surface area contributed by atoms with Gasteiger partial charge < -0.3 is 10.6 Å². The van der Waals surface area contributed by atoms with Crippen molar-refractivity contribution >= 4 is 33.2 Å². The fourth-order valence-corrected chi connectivity index (χ4v) is 2.57. The molecule has 0 saturated carbocycles. The molecular formula is C15H16BrClN2. The zero-order valence-corrected chi connectivity index (χ0v) is 13.1. The standard InChI is InChI=1S/C15H16BrClN2/c1-19(10-11-5-7-12(16)8-6-11)15-4-2-3-14(17)13(15)9-18/h2-8H,9-10,18H2,1H3. The predicted molar refractivity (Wildman–Crippen MR) is 85.6 cm³/mol. The molecule has 2 N–H and O–H groups in total. The Morgan fingerprint density at radius 3 is 2.47 bits per heavy atom. The summed E-state index contributed by atoms with van der Waals surface area (Å²) >= 11 is 9.63. The molecular weight excluding hydrogens is 324 g/mol. The van der Waals surface area contributed by atoms with Crippen molar-refractivity contribution in [2.24, 2.45) is 5.73 Å². The molecule has 0 aliphatic carbocycles. The van der Waals surface area contributed by atoms with Crippen LogP contribution in [0.4, 0.5) is 5.69 Å². The number of benzene rings is 2. The smallest absolute Gasteiger partial charge is 0.0471 e. The van der Waals surface area contributed by atoms with Gasteiger partial charge in [-0.2, -0.15) is 0 Å². The molecule has 4 heteroatoms. The van der Waals surface area contributed by atoms with Gasteiger partial charge in [-0.1, -0.05) is 45.7 Å². The van der Waals surface area contributed by atoms with Crippen molar-refractivity contribution in [2.45, 2.75) is 13.1 Å². The molecule has 0 fully saturated rings. The highest BCUT2D eigenvalue weighted by molar-refractivity contribution is 9.10. The van der Waals surface area contributed by atoms with Crippen LogP contribution >= 0.6 is 27.5 Å². The fraction of sp³-hybridized carbons (Fsp3) is 0.200. The summed E-state index contributed by atoms with van der Waals surface area (Å²) < 4.78 is 1.09. The van der Waals surface area contributed by atoms with E-state index in [0.717, 1.165) is 27.3 Å². The summed E-state index contributed by atoms with van der Waals surface area (Å²) in [5, 5.41) is 0.725. The molecule has 2 nitrogen and oxygen atoms in total. The van der Waals surface area contributed by atoms with Crippen LogP contribution in [0.1, 0.15) is 11.1 Å². The monoisotopic (exact) mass is 338 g/mol. The van der Waals surface area contributed by atoms with Gasteiger partial charge in [-0.15, -0.1) is 0 Å². The van der Waals surface area contributed by atoms with Gasteiger partial charge in [0, 0.05) is 40.9 Å². The largest absolute Gasteiger partial charge is 0.370 e. The second-order valence-corrected chi connectivity index (χ2v) is 5.75. The maximum atomic E-state index is 6.18. The van der Waals surface area contributed by atoms with Gasteiger partial charge in [-0.3, -0.25) is 0 Å². The minimum atomic E-state index is 0.444. The van der Waals surface area contributed by atoms with E-state index in [-0.39, 0.29) is 0 Å². The third-order valence-electron chi connectivity index (χ3n) is 3.04. The summed E-state index contributed by atoms with van der Waals surface area (Å²) in [6.07, 6.45) is 0. The molecule has 0 radical (unpaired) electrons. The fourth-order valence-electron chi connectivity index (χ4n) is 2.06. The number of halogens is 2. The highest BCUT2D eigenvalue weighted by atomic mass is 79.9. The molecule has 0 aliphatic rings. The van der Waals surface area contributed by atoms with Crippen LogP contribution in [0, 0.1) is 0 Å². The van der Waals surface area contributed by atoms with Crippen molar-refractivity contribution in [3.05, 3.63) is 63.1 Å². The van der Waals surface area contributed by atoms with E-state index in [0.29, 0.717) is 6.54 Å². The highest BCUT2D eigenvalue weighted by Gasteiger charge is 2.09. The molecule has 2 aromatic rings. The van der Waals surface area contributed by atoms with Gasteiger partial charge in [0.1, 0.15) is 0 Å². The molecule has 0 aromatic heterocycles. The third kappa shape index (κ3) is 3.50. The Balaban J connectivity index is 2.22. The molecule has 100 valence electrons. The molecule has 0 atom stereocenters. The molecule has 19 heavy (non-hydrogen) atoms. The molecule has 0 amide bonds. The van der Waals surface area contributed by atoms with Crippen LogP contribution in [0.2, 0.25) is 5.02 Å². The Morgan fingerprint density at radius 2 is 1.84 bits per heavy atom. The lowest BCUT2D eigenvalue weighted by molar-refractivity contribution is 0.904. The molecule has 0 heterocycles. The van der Waals surface area contributed by atoms with E-state index < -0.39 is 0 Å². The van der Waals surface area contributed by atoms with E-state index in [1.165, 1.54) is 5.56 Å². The van der Waals surface area contributed by atoms with Gasteiger partial charge in [0.05, 0.1) is 0 Å². The predicted octanol–water partition coefficient (Wildman–Crippen LogP) is 4.20. The van der Waals surface area contributed by atoms with Crippen LogP contribution < -0.4 is 10.6 Å². The van der Waals surface area contributed by atoms with E-state index in [1.807, 2.05) is 37.4 Å². The highest BCUT2D eigenvalue weighted by Crippen LogP contribution is 2.27. The van der Waals surface area contributed by atoms with Crippen LogP contribution in [0.25, 0.3) is 0 Å². The van der Waals surface area contributed by atoms with Gasteiger partial charge >= 0.3 is 0 Å². The third-order valence-corrected chi connectivity index (χ3v) is 3.93. The minimum Gasteiger partial charge on any atom is -0.370 e. The summed E-state index contributed by atoms with van der Waals surface area (Å²) in [6.45, 7) is 1.26. The van der Waals surface area contributed by atoms with Crippen LogP contribution in [-0.2, 0) is 13.1 Å². The van der Waals surface area contributed by atoms with E-state index in [4.69, 9.17) is 17.3 Å². The maximum Gasteiger partial charge on any atom is 0.0471 e. The average Bonchev–Trinajstić information content (AvgIpc) is 2.41. The molecule has 0 aliphatic heterocycles. The lowest BCUT2D eigenvalue weighted by Gasteiger charge is -2.23. The van der Waals surface area contributed by atoms with Gasteiger partial charge in [-0.25, -0.2) is 0 Å². The second-order valence-electron chi connectivity index (χ2n) is 4.42. The Bertz CT molecular complexity index is 555. The van der Waals surface area contributed by atoms with Crippen molar-refractivity contribution in [1.82, 2.24) is 0 Å². The Labute approximate surface area is 127 Å². The first-order valence-electron chi connectivity index (χ1n) is 6.05. The zero-order chi connectivity index (χ0) is 13.8. The van der Waals surface area contributed by atoms with Crippen LogP contribution in [0.15, 0.2) is 46.9 Å². The Hall–Kier alpha value is -1.03.